The van der Waals surface area contributed by atoms with E-state index in [9.17, 15) is 38.2 Å². The molecule has 1 saturated heterocycles. The molecule has 0 aromatic heterocycles. The summed E-state index contributed by atoms with van der Waals surface area (Å²) in [6, 6.07) is -0.858. The van der Waals surface area contributed by atoms with E-state index < -0.39 is 59.9 Å². The first-order valence-electron chi connectivity index (χ1n) is 28.1. The zero-order chi connectivity index (χ0) is 49.1. The van der Waals surface area contributed by atoms with Crippen LogP contribution in [0.4, 0.5) is 0 Å². The number of unbranched alkanes of at least 4 members (excludes halogenated alkanes) is 35. The number of carbonyl (C=O) groups excluding carboxylic acids is 1. The number of nitrogens with one attached hydrogen (secondary N) is 1. The van der Waals surface area contributed by atoms with Crippen molar-refractivity contribution in [3.63, 3.8) is 0 Å². The first-order valence-corrected chi connectivity index (χ1v) is 29.4. The Morgan fingerprint density at radius 1 is 0.582 bits per heavy atom. The minimum atomic E-state index is -5.08. The van der Waals surface area contributed by atoms with Crippen LogP contribution in [0.1, 0.15) is 271 Å². The van der Waals surface area contributed by atoms with Crippen LogP contribution in [-0.2, 0) is 28.9 Å². The molecule has 1 fully saturated rings. The van der Waals surface area contributed by atoms with E-state index in [1.165, 1.54) is 186 Å². The molecule has 0 aromatic rings. The van der Waals surface area contributed by atoms with Gasteiger partial charge >= 0.3 is 10.4 Å². The molecular formula is C54H105NO11S. The third kappa shape index (κ3) is 37.3. The normalized spacial score (nSPS) is 19.9. The predicted molar refractivity (Wildman–Crippen MR) is 273 cm³/mol. The van der Waals surface area contributed by atoms with E-state index >= 15 is 0 Å². The van der Waals surface area contributed by atoms with Crippen molar-refractivity contribution >= 4 is 16.3 Å². The molecule has 0 saturated carbocycles. The van der Waals surface area contributed by atoms with Crippen molar-refractivity contribution in [2.75, 3.05) is 13.2 Å². The van der Waals surface area contributed by atoms with Gasteiger partial charge in [0.15, 0.2) is 6.29 Å². The van der Waals surface area contributed by atoms with Gasteiger partial charge in [-0.05, 0) is 38.5 Å². The number of rotatable bonds is 49. The van der Waals surface area contributed by atoms with Crippen LogP contribution in [0.3, 0.4) is 0 Å². The Balaban J connectivity index is 2.37. The maximum atomic E-state index is 13.1. The van der Waals surface area contributed by atoms with Gasteiger partial charge in [-0.1, -0.05) is 238 Å². The van der Waals surface area contributed by atoms with Gasteiger partial charge in [-0.2, -0.15) is 8.42 Å². The first kappa shape index (κ1) is 63.9. The quantitative estimate of drug-likeness (QED) is 0.0193. The molecule has 13 heteroatoms. The lowest BCUT2D eigenvalue weighted by molar-refractivity contribution is -0.298. The molecule has 0 aromatic carbocycles. The standard InChI is InChI=1S/C54H105NO11S/c1-3-5-7-9-11-13-15-17-19-21-22-23-24-25-26-28-29-31-33-35-37-39-41-43-48(57)47(46-64-54-52(60)53(66-67(61,62)63)51(59)49(45-56)65-54)55-50(58)44-42-40-38-36-34-32-30-27-20-18-16-14-12-10-8-6-4-2/h18,20,47-49,51-54,56-57,59-60H,3-17,19,21-46H2,1-2H3,(H,55,58)(H,61,62,63)/b20-18-. The monoisotopic (exact) mass is 976 g/mol. The van der Waals surface area contributed by atoms with Gasteiger partial charge in [-0.3, -0.25) is 9.35 Å². The molecule has 12 nitrogen and oxygen atoms in total. The second kappa shape index (κ2) is 44.8. The van der Waals surface area contributed by atoms with Crippen LogP contribution in [0.25, 0.3) is 0 Å². The van der Waals surface area contributed by atoms with Crippen molar-refractivity contribution in [3.8, 4) is 0 Å². The van der Waals surface area contributed by atoms with E-state index in [1.807, 2.05) is 0 Å². The van der Waals surface area contributed by atoms with E-state index in [1.54, 1.807) is 0 Å². The predicted octanol–water partition coefficient (Wildman–Crippen LogP) is 12.7. The van der Waals surface area contributed by atoms with Gasteiger partial charge in [0.1, 0.15) is 24.4 Å². The molecule has 7 atom stereocenters. The largest absolute Gasteiger partial charge is 0.397 e. The van der Waals surface area contributed by atoms with Crippen molar-refractivity contribution in [2.24, 2.45) is 0 Å². The number of hydrogen-bond donors (Lipinski definition) is 6. The summed E-state index contributed by atoms with van der Waals surface area (Å²) in [5, 5.41) is 45.1. The molecule has 398 valence electrons. The Kier molecular flexibility index (Phi) is 42.7. The Morgan fingerprint density at radius 3 is 1.34 bits per heavy atom. The van der Waals surface area contributed by atoms with Gasteiger partial charge in [-0.25, -0.2) is 4.18 Å². The average Bonchev–Trinajstić information content (AvgIpc) is 3.30. The number of carbonyl (C=O) groups is 1. The summed E-state index contributed by atoms with van der Waals surface area (Å²) < 4.78 is 47.9. The Morgan fingerprint density at radius 2 is 0.955 bits per heavy atom. The van der Waals surface area contributed by atoms with Crippen LogP contribution in [0, 0.1) is 0 Å². The lowest BCUT2D eigenvalue weighted by Crippen LogP contribution is -2.61. The summed E-state index contributed by atoms with van der Waals surface area (Å²) in [7, 11) is -5.08. The maximum Gasteiger partial charge on any atom is 0.397 e. The number of allylic oxidation sites excluding steroid dienone is 2. The van der Waals surface area contributed by atoms with Crippen molar-refractivity contribution in [2.45, 2.75) is 314 Å². The highest BCUT2D eigenvalue weighted by atomic mass is 32.3. The third-order valence-electron chi connectivity index (χ3n) is 13.6. The van der Waals surface area contributed by atoms with Crippen molar-refractivity contribution in [3.05, 3.63) is 12.2 Å². The fourth-order valence-corrected chi connectivity index (χ4v) is 9.73. The highest BCUT2D eigenvalue weighted by Gasteiger charge is 2.48. The van der Waals surface area contributed by atoms with Crippen LogP contribution < -0.4 is 5.32 Å². The molecule has 0 aliphatic carbocycles. The number of ether oxygens (including phenoxy) is 2. The van der Waals surface area contributed by atoms with E-state index in [0.29, 0.717) is 12.8 Å². The zero-order valence-corrected chi connectivity index (χ0v) is 43.8. The average molecular weight is 976 g/mol. The van der Waals surface area contributed by atoms with Crippen molar-refractivity contribution in [1.29, 1.82) is 0 Å². The lowest BCUT2D eigenvalue weighted by Gasteiger charge is -2.41. The minimum Gasteiger partial charge on any atom is -0.394 e. The first-order chi connectivity index (χ1) is 32.5. The lowest BCUT2D eigenvalue weighted by atomic mass is 9.99. The van der Waals surface area contributed by atoms with Crippen molar-refractivity contribution < 1.29 is 51.8 Å². The molecule has 1 amide bonds. The second-order valence-electron chi connectivity index (χ2n) is 19.9. The molecule has 1 heterocycles. The molecule has 1 aliphatic heterocycles. The molecule has 1 aliphatic rings. The fourth-order valence-electron chi connectivity index (χ4n) is 9.22. The van der Waals surface area contributed by atoms with Gasteiger partial charge in [0.25, 0.3) is 0 Å². The number of amides is 1. The third-order valence-corrected chi connectivity index (χ3v) is 14.0. The van der Waals surface area contributed by atoms with Crippen LogP contribution in [0.2, 0.25) is 0 Å². The van der Waals surface area contributed by atoms with Gasteiger partial charge in [0.2, 0.25) is 5.91 Å². The molecule has 67 heavy (non-hydrogen) atoms. The van der Waals surface area contributed by atoms with E-state index in [4.69, 9.17) is 9.47 Å². The van der Waals surface area contributed by atoms with Gasteiger partial charge in [0, 0.05) is 6.42 Å². The summed E-state index contributed by atoms with van der Waals surface area (Å²) in [4.78, 5) is 13.1. The topological polar surface area (TPSA) is 192 Å². The number of hydrogen-bond acceptors (Lipinski definition) is 10. The summed E-state index contributed by atoms with van der Waals surface area (Å²) >= 11 is 0. The molecular weight excluding hydrogens is 871 g/mol. The van der Waals surface area contributed by atoms with Gasteiger partial charge < -0.3 is 35.2 Å². The molecule has 6 N–H and O–H groups in total. The number of aliphatic hydroxyl groups excluding tert-OH is 4. The van der Waals surface area contributed by atoms with Gasteiger partial charge in [-0.15, -0.1) is 0 Å². The number of aliphatic hydroxyl groups is 4. The molecule has 1 rings (SSSR count). The highest BCUT2D eigenvalue weighted by molar-refractivity contribution is 7.80. The van der Waals surface area contributed by atoms with E-state index in [2.05, 4.69) is 35.5 Å². The molecule has 0 bridgehead atoms. The SMILES string of the molecule is CCCCCCCC/C=C\CCCCCCCCCC(=O)NC(COC1OC(CO)C(O)C(OS(=O)(=O)O)C1O)C(O)CCCCCCCCCCCCCCCCCCCCCCCCC. The van der Waals surface area contributed by atoms with E-state index in [-0.39, 0.29) is 18.9 Å². The minimum absolute atomic E-state index is 0.230. The summed E-state index contributed by atoms with van der Waals surface area (Å²) in [6.07, 6.45) is 43.5. The van der Waals surface area contributed by atoms with Crippen molar-refractivity contribution in [1.82, 2.24) is 5.32 Å². The van der Waals surface area contributed by atoms with Crippen LogP contribution in [0.15, 0.2) is 12.2 Å². The molecule has 7 unspecified atom stereocenters. The Bertz CT molecular complexity index is 1240. The second-order valence-corrected chi connectivity index (χ2v) is 20.9. The Labute approximate surface area is 410 Å². The zero-order valence-electron chi connectivity index (χ0n) is 43.0. The van der Waals surface area contributed by atoms with Crippen LogP contribution >= 0.6 is 0 Å². The molecule has 0 radical (unpaired) electrons. The summed E-state index contributed by atoms with van der Waals surface area (Å²) in [6.45, 7) is 3.48. The van der Waals surface area contributed by atoms with Gasteiger partial charge in [0.05, 0.1) is 25.4 Å². The van der Waals surface area contributed by atoms with E-state index in [0.717, 1.165) is 51.4 Å². The Hall–Kier alpha value is -1.16. The van der Waals surface area contributed by atoms with Crippen LogP contribution in [-0.4, -0.2) is 95.4 Å². The maximum absolute atomic E-state index is 13.1. The fraction of sp³-hybridized carbons (Fsp3) is 0.944. The summed E-state index contributed by atoms with van der Waals surface area (Å²) in [5.41, 5.74) is 0. The smallest absolute Gasteiger partial charge is 0.394 e. The van der Waals surface area contributed by atoms with Crippen LogP contribution in [0.5, 0.6) is 0 Å². The summed E-state index contributed by atoms with van der Waals surface area (Å²) in [5.74, 6) is -0.230. The highest BCUT2D eigenvalue weighted by Crippen LogP contribution is 2.26. The molecule has 0 spiro atoms.